The first-order valence-electron chi connectivity index (χ1n) is 6.10. The van der Waals surface area contributed by atoms with Crippen molar-refractivity contribution in [3.05, 3.63) is 35.0 Å². The highest BCUT2D eigenvalue weighted by Crippen LogP contribution is 2.29. The lowest BCUT2D eigenvalue weighted by molar-refractivity contribution is 0.543. The van der Waals surface area contributed by atoms with E-state index in [1.165, 1.54) is 11.1 Å². The maximum atomic E-state index is 5.96. The molecule has 18 heavy (non-hydrogen) atoms. The van der Waals surface area contributed by atoms with E-state index < -0.39 is 0 Å². The first-order chi connectivity index (χ1) is 8.32. The molecule has 0 aliphatic rings. The van der Waals surface area contributed by atoms with Crippen molar-refractivity contribution in [1.29, 1.82) is 0 Å². The van der Waals surface area contributed by atoms with Crippen molar-refractivity contribution in [3.8, 4) is 5.69 Å². The van der Waals surface area contributed by atoms with Crippen LogP contribution >= 0.6 is 0 Å². The second-order valence-electron chi connectivity index (χ2n) is 5.70. The summed E-state index contributed by atoms with van der Waals surface area (Å²) in [7, 11) is 0. The lowest BCUT2D eigenvalue weighted by Gasteiger charge is -2.21. The summed E-state index contributed by atoms with van der Waals surface area (Å²) in [4.78, 5) is 0. The summed E-state index contributed by atoms with van der Waals surface area (Å²) in [6, 6.07) is 6.17. The van der Waals surface area contributed by atoms with Crippen molar-refractivity contribution >= 4 is 5.82 Å². The van der Waals surface area contributed by atoms with E-state index >= 15 is 0 Å². The third-order valence-electron chi connectivity index (χ3n) is 3.21. The van der Waals surface area contributed by atoms with Crippen LogP contribution < -0.4 is 5.73 Å². The van der Waals surface area contributed by atoms with Crippen LogP contribution in [-0.4, -0.2) is 15.0 Å². The summed E-state index contributed by atoms with van der Waals surface area (Å²) in [5.74, 6) is 0.503. The van der Waals surface area contributed by atoms with E-state index in [1.807, 2.05) is 16.8 Å². The van der Waals surface area contributed by atoms with Crippen LogP contribution in [0.1, 0.15) is 37.6 Å². The summed E-state index contributed by atoms with van der Waals surface area (Å²) < 4.78 is 1.86. The van der Waals surface area contributed by atoms with E-state index in [2.05, 4.69) is 51.0 Å². The predicted molar refractivity (Wildman–Crippen MR) is 73.9 cm³/mol. The van der Waals surface area contributed by atoms with E-state index in [4.69, 9.17) is 5.73 Å². The summed E-state index contributed by atoms with van der Waals surface area (Å²) >= 11 is 0. The van der Waals surface area contributed by atoms with Crippen molar-refractivity contribution in [3.63, 3.8) is 0 Å². The molecule has 0 aliphatic heterocycles. The number of hydrogen-bond donors (Lipinski definition) is 1. The summed E-state index contributed by atoms with van der Waals surface area (Å²) in [6.45, 7) is 10.5. The fourth-order valence-electron chi connectivity index (χ4n) is 2.13. The van der Waals surface area contributed by atoms with Gasteiger partial charge in [0.25, 0.3) is 0 Å². The van der Waals surface area contributed by atoms with Gasteiger partial charge in [-0.25, -0.2) is 4.68 Å². The molecule has 0 saturated carbocycles. The molecule has 96 valence electrons. The summed E-state index contributed by atoms with van der Waals surface area (Å²) in [5, 5.41) is 8.22. The van der Waals surface area contributed by atoms with Gasteiger partial charge in [-0.05, 0) is 31.0 Å². The largest absolute Gasteiger partial charge is 0.381 e. The number of nitrogens with two attached hydrogens (primary N) is 1. The lowest BCUT2D eigenvalue weighted by atomic mass is 9.91. The number of benzene rings is 1. The van der Waals surface area contributed by atoms with Crippen LogP contribution in [-0.2, 0) is 5.41 Å². The standard InChI is InChI=1S/C14H20N4/c1-9-7-6-8-11(10(9)2)18-12(14(3,4)5)13(15)16-17-18/h6-8H,15H2,1-5H3. The number of aryl methyl sites for hydroxylation is 1. The zero-order valence-corrected chi connectivity index (χ0v) is 11.7. The maximum absolute atomic E-state index is 5.96. The maximum Gasteiger partial charge on any atom is 0.170 e. The van der Waals surface area contributed by atoms with Gasteiger partial charge in [0.15, 0.2) is 5.82 Å². The van der Waals surface area contributed by atoms with Crippen LogP contribution in [0.3, 0.4) is 0 Å². The zero-order chi connectivity index (χ0) is 13.5. The molecule has 2 aromatic rings. The van der Waals surface area contributed by atoms with Crippen molar-refractivity contribution in [2.24, 2.45) is 0 Å². The monoisotopic (exact) mass is 244 g/mol. The molecule has 2 N–H and O–H groups in total. The van der Waals surface area contributed by atoms with E-state index in [1.54, 1.807) is 0 Å². The Morgan fingerprint density at radius 2 is 1.83 bits per heavy atom. The molecule has 1 aromatic heterocycles. The van der Waals surface area contributed by atoms with Gasteiger partial charge in [0.1, 0.15) is 0 Å². The number of nitrogen functional groups attached to an aromatic ring is 1. The quantitative estimate of drug-likeness (QED) is 0.839. The van der Waals surface area contributed by atoms with Crippen molar-refractivity contribution in [2.75, 3.05) is 5.73 Å². The number of rotatable bonds is 1. The Hall–Kier alpha value is -1.84. The van der Waals surface area contributed by atoms with E-state index in [-0.39, 0.29) is 5.41 Å². The molecular weight excluding hydrogens is 224 g/mol. The van der Waals surface area contributed by atoms with Gasteiger partial charge in [0.05, 0.1) is 11.4 Å². The van der Waals surface area contributed by atoms with Crippen LogP contribution in [0.2, 0.25) is 0 Å². The number of nitrogens with zero attached hydrogens (tertiary/aromatic N) is 3. The summed E-state index contributed by atoms with van der Waals surface area (Å²) in [6.07, 6.45) is 0. The first kappa shape index (κ1) is 12.6. The fraction of sp³-hybridized carbons (Fsp3) is 0.429. The Kier molecular flexibility index (Phi) is 2.89. The Morgan fingerprint density at radius 3 is 2.44 bits per heavy atom. The zero-order valence-electron chi connectivity index (χ0n) is 11.7. The molecule has 1 heterocycles. The van der Waals surface area contributed by atoms with Gasteiger partial charge in [-0.3, -0.25) is 0 Å². The van der Waals surface area contributed by atoms with Gasteiger partial charge in [0, 0.05) is 5.41 Å². The Morgan fingerprint density at radius 1 is 1.17 bits per heavy atom. The van der Waals surface area contributed by atoms with E-state index in [0.29, 0.717) is 5.82 Å². The van der Waals surface area contributed by atoms with Crippen molar-refractivity contribution in [2.45, 2.75) is 40.0 Å². The topological polar surface area (TPSA) is 56.7 Å². The molecule has 4 nitrogen and oxygen atoms in total. The lowest BCUT2D eigenvalue weighted by Crippen LogP contribution is -2.19. The molecule has 0 bridgehead atoms. The molecule has 0 unspecified atom stereocenters. The van der Waals surface area contributed by atoms with Crippen LogP contribution in [0.5, 0.6) is 0 Å². The van der Waals surface area contributed by atoms with Crippen LogP contribution in [0.15, 0.2) is 18.2 Å². The Bertz CT molecular complexity index is 576. The number of hydrogen-bond acceptors (Lipinski definition) is 3. The molecule has 2 rings (SSSR count). The van der Waals surface area contributed by atoms with Gasteiger partial charge in [-0.2, -0.15) is 0 Å². The molecular formula is C14H20N4. The predicted octanol–water partition coefficient (Wildman–Crippen LogP) is 2.76. The highest BCUT2D eigenvalue weighted by molar-refractivity contribution is 5.49. The molecule has 4 heteroatoms. The van der Waals surface area contributed by atoms with Crippen molar-refractivity contribution in [1.82, 2.24) is 15.0 Å². The van der Waals surface area contributed by atoms with Gasteiger partial charge in [-0.15, -0.1) is 5.10 Å². The fourth-order valence-corrected chi connectivity index (χ4v) is 2.13. The van der Waals surface area contributed by atoms with Crippen LogP contribution in [0.25, 0.3) is 5.69 Å². The van der Waals surface area contributed by atoms with Gasteiger partial charge < -0.3 is 5.73 Å². The van der Waals surface area contributed by atoms with Crippen LogP contribution in [0.4, 0.5) is 5.82 Å². The SMILES string of the molecule is Cc1cccc(-n2nnc(N)c2C(C)(C)C)c1C. The number of aromatic nitrogens is 3. The minimum Gasteiger partial charge on any atom is -0.381 e. The second-order valence-corrected chi connectivity index (χ2v) is 5.70. The molecule has 0 spiro atoms. The van der Waals surface area contributed by atoms with Gasteiger partial charge >= 0.3 is 0 Å². The molecule has 0 radical (unpaired) electrons. The molecule has 0 saturated heterocycles. The Balaban J connectivity index is 2.70. The van der Waals surface area contributed by atoms with E-state index in [9.17, 15) is 0 Å². The normalized spacial score (nSPS) is 11.8. The minimum atomic E-state index is -0.0935. The average Bonchev–Trinajstić information content (AvgIpc) is 2.64. The molecule has 0 aliphatic carbocycles. The number of anilines is 1. The van der Waals surface area contributed by atoms with Gasteiger partial charge in [-0.1, -0.05) is 38.1 Å². The third kappa shape index (κ3) is 1.98. The van der Waals surface area contributed by atoms with E-state index in [0.717, 1.165) is 11.4 Å². The first-order valence-corrected chi connectivity index (χ1v) is 6.10. The average molecular weight is 244 g/mol. The minimum absolute atomic E-state index is 0.0935. The van der Waals surface area contributed by atoms with Crippen LogP contribution in [0, 0.1) is 13.8 Å². The highest BCUT2D eigenvalue weighted by Gasteiger charge is 2.25. The molecule has 0 atom stereocenters. The third-order valence-corrected chi connectivity index (χ3v) is 3.21. The smallest absolute Gasteiger partial charge is 0.170 e. The highest BCUT2D eigenvalue weighted by atomic mass is 15.4. The van der Waals surface area contributed by atoms with Gasteiger partial charge in [0.2, 0.25) is 0 Å². The summed E-state index contributed by atoms with van der Waals surface area (Å²) in [5.41, 5.74) is 10.3. The Labute approximate surface area is 108 Å². The molecule has 0 fully saturated rings. The second kappa shape index (κ2) is 4.12. The molecule has 0 amide bonds. The van der Waals surface area contributed by atoms with Crippen molar-refractivity contribution < 1.29 is 0 Å². The molecule has 1 aromatic carbocycles.